The number of aliphatic hydroxyl groups excluding tert-OH is 1. The predicted molar refractivity (Wildman–Crippen MR) is 77.6 cm³/mol. The molecular formula is C15H11ClN2O2. The normalized spacial score (nSPS) is 9.50. The van der Waals surface area contributed by atoms with E-state index in [1.54, 1.807) is 30.3 Å². The first-order valence-corrected chi connectivity index (χ1v) is 6.19. The summed E-state index contributed by atoms with van der Waals surface area (Å²) in [7, 11) is 0. The highest BCUT2D eigenvalue weighted by Gasteiger charge is 2.10. The smallest absolute Gasteiger partial charge is 0.257 e. The largest absolute Gasteiger partial charge is 0.384 e. The highest BCUT2D eigenvalue weighted by Crippen LogP contribution is 2.15. The van der Waals surface area contributed by atoms with Crippen LogP contribution in [0.2, 0.25) is 5.02 Å². The number of carbonyl (C=O) groups is 1. The lowest BCUT2D eigenvalue weighted by Gasteiger charge is -2.06. The van der Waals surface area contributed by atoms with Crippen molar-refractivity contribution in [2.24, 2.45) is 0 Å². The number of hydrogen-bond acceptors (Lipinski definition) is 3. The average molecular weight is 287 g/mol. The van der Waals surface area contributed by atoms with E-state index in [0.29, 0.717) is 21.8 Å². The monoisotopic (exact) mass is 286 g/mol. The minimum absolute atomic E-state index is 0.271. The van der Waals surface area contributed by atoms with Crippen LogP contribution in [-0.4, -0.2) is 22.6 Å². The Morgan fingerprint density at radius 1 is 1.30 bits per heavy atom. The van der Waals surface area contributed by atoms with Crippen molar-refractivity contribution >= 4 is 23.2 Å². The Labute approximate surface area is 121 Å². The van der Waals surface area contributed by atoms with Gasteiger partial charge in [-0.25, -0.2) is 0 Å². The SMILES string of the molecule is O=C(Nc1ccc(Cl)cc1)c1ccncc1C#CCO. The van der Waals surface area contributed by atoms with Crippen LogP contribution >= 0.6 is 11.6 Å². The third kappa shape index (κ3) is 3.58. The van der Waals surface area contributed by atoms with Crippen LogP contribution in [-0.2, 0) is 0 Å². The third-order valence-corrected chi connectivity index (χ3v) is 2.72. The summed E-state index contributed by atoms with van der Waals surface area (Å²) in [6.45, 7) is -0.271. The molecule has 0 spiro atoms. The van der Waals surface area contributed by atoms with Gasteiger partial charge >= 0.3 is 0 Å². The molecule has 2 rings (SSSR count). The molecule has 0 aliphatic heterocycles. The van der Waals surface area contributed by atoms with Crippen LogP contribution < -0.4 is 5.32 Å². The summed E-state index contributed by atoms with van der Waals surface area (Å²) < 4.78 is 0. The summed E-state index contributed by atoms with van der Waals surface area (Å²) in [5.74, 6) is 4.90. The van der Waals surface area contributed by atoms with Crippen LogP contribution in [0.3, 0.4) is 0 Å². The number of amides is 1. The molecular weight excluding hydrogens is 276 g/mol. The van der Waals surface area contributed by atoms with Crippen LogP contribution in [0.25, 0.3) is 0 Å². The molecule has 4 nitrogen and oxygen atoms in total. The fourth-order valence-electron chi connectivity index (χ4n) is 1.56. The number of halogens is 1. The first-order chi connectivity index (χ1) is 9.70. The predicted octanol–water partition coefficient (Wildman–Crippen LogP) is 2.33. The second-order valence-corrected chi connectivity index (χ2v) is 4.28. The number of pyridine rings is 1. The van der Waals surface area contributed by atoms with Gasteiger partial charge in [0.25, 0.3) is 5.91 Å². The van der Waals surface area contributed by atoms with Gasteiger partial charge in [0, 0.05) is 23.1 Å². The molecule has 0 unspecified atom stereocenters. The molecule has 2 aromatic rings. The van der Waals surface area contributed by atoms with Crippen LogP contribution in [0.15, 0.2) is 42.7 Å². The molecule has 5 heteroatoms. The van der Waals surface area contributed by atoms with Gasteiger partial charge in [0.2, 0.25) is 0 Å². The van der Waals surface area contributed by atoms with Gasteiger partial charge in [0.1, 0.15) is 6.61 Å². The maximum absolute atomic E-state index is 12.2. The molecule has 0 fully saturated rings. The number of hydrogen-bond donors (Lipinski definition) is 2. The Morgan fingerprint density at radius 3 is 2.75 bits per heavy atom. The molecule has 1 amide bonds. The first-order valence-electron chi connectivity index (χ1n) is 5.81. The van der Waals surface area contributed by atoms with Gasteiger partial charge in [-0.1, -0.05) is 23.4 Å². The van der Waals surface area contributed by atoms with E-state index in [9.17, 15) is 4.79 Å². The van der Waals surface area contributed by atoms with Crippen molar-refractivity contribution in [3.63, 3.8) is 0 Å². The highest BCUT2D eigenvalue weighted by atomic mass is 35.5. The summed E-state index contributed by atoms with van der Waals surface area (Å²) in [6.07, 6.45) is 3.00. The number of benzene rings is 1. The Hall–Kier alpha value is -2.35. The minimum atomic E-state index is -0.294. The van der Waals surface area contributed by atoms with Crippen LogP contribution in [0.1, 0.15) is 15.9 Å². The zero-order valence-electron chi connectivity index (χ0n) is 10.4. The molecule has 1 aromatic carbocycles. The van der Waals surface area contributed by atoms with E-state index in [-0.39, 0.29) is 12.5 Å². The molecule has 0 saturated heterocycles. The first kappa shape index (κ1) is 14.1. The lowest BCUT2D eigenvalue weighted by Crippen LogP contribution is -2.13. The van der Waals surface area contributed by atoms with Crippen molar-refractivity contribution < 1.29 is 9.90 Å². The molecule has 0 bridgehead atoms. The van der Waals surface area contributed by atoms with E-state index in [4.69, 9.17) is 16.7 Å². The quantitative estimate of drug-likeness (QED) is 0.833. The highest BCUT2D eigenvalue weighted by molar-refractivity contribution is 6.30. The van der Waals surface area contributed by atoms with E-state index in [1.807, 2.05) is 0 Å². The minimum Gasteiger partial charge on any atom is -0.384 e. The van der Waals surface area contributed by atoms with Gasteiger partial charge in [-0.05, 0) is 30.3 Å². The van der Waals surface area contributed by atoms with Crippen molar-refractivity contribution in [2.45, 2.75) is 0 Å². The summed E-state index contributed by atoms with van der Waals surface area (Å²) >= 11 is 5.78. The topological polar surface area (TPSA) is 62.2 Å². The van der Waals surface area contributed by atoms with Gasteiger partial charge in [0.15, 0.2) is 0 Å². The lowest BCUT2D eigenvalue weighted by molar-refractivity contribution is 0.102. The number of aliphatic hydroxyl groups is 1. The molecule has 1 aromatic heterocycles. The standard InChI is InChI=1S/C15H11ClN2O2/c16-12-3-5-13(6-4-12)18-15(20)14-7-8-17-10-11(14)2-1-9-19/h3-8,10,19H,9H2,(H,18,20). The maximum Gasteiger partial charge on any atom is 0.257 e. The number of nitrogens with zero attached hydrogens (tertiary/aromatic N) is 1. The van der Waals surface area contributed by atoms with Crippen molar-refractivity contribution in [3.05, 3.63) is 58.9 Å². The maximum atomic E-state index is 12.2. The van der Waals surface area contributed by atoms with Gasteiger partial charge in [-0.2, -0.15) is 0 Å². The molecule has 0 atom stereocenters. The second kappa shape index (κ2) is 6.71. The Morgan fingerprint density at radius 2 is 2.05 bits per heavy atom. The molecule has 20 heavy (non-hydrogen) atoms. The van der Waals surface area contributed by atoms with Gasteiger partial charge in [-0.3, -0.25) is 9.78 Å². The molecule has 0 aliphatic rings. The number of carbonyl (C=O) groups excluding carboxylic acids is 1. The van der Waals surface area contributed by atoms with Gasteiger partial charge in [0.05, 0.1) is 11.1 Å². The molecule has 0 radical (unpaired) electrons. The van der Waals surface area contributed by atoms with E-state index in [2.05, 4.69) is 22.1 Å². The van der Waals surface area contributed by atoms with Crippen molar-refractivity contribution in [2.75, 3.05) is 11.9 Å². The zero-order valence-corrected chi connectivity index (χ0v) is 11.2. The second-order valence-electron chi connectivity index (χ2n) is 3.84. The number of rotatable bonds is 2. The zero-order chi connectivity index (χ0) is 14.4. The molecule has 1 heterocycles. The number of nitrogens with one attached hydrogen (secondary N) is 1. The fraction of sp³-hybridized carbons (Fsp3) is 0.0667. The molecule has 0 aliphatic carbocycles. The Kier molecular flexibility index (Phi) is 4.72. The molecule has 2 N–H and O–H groups in total. The molecule has 100 valence electrons. The van der Waals surface area contributed by atoms with Crippen molar-refractivity contribution in [1.82, 2.24) is 4.98 Å². The van der Waals surface area contributed by atoms with Crippen molar-refractivity contribution in [3.8, 4) is 11.8 Å². The van der Waals surface area contributed by atoms with Crippen molar-refractivity contribution in [1.29, 1.82) is 0 Å². The van der Waals surface area contributed by atoms with Crippen LogP contribution in [0.5, 0.6) is 0 Å². The Balaban J connectivity index is 2.23. The summed E-state index contributed by atoms with van der Waals surface area (Å²) in [5, 5.41) is 12.1. The summed E-state index contributed by atoms with van der Waals surface area (Å²) in [4.78, 5) is 16.1. The van der Waals surface area contributed by atoms with E-state index < -0.39 is 0 Å². The van der Waals surface area contributed by atoms with Gasteiger partial charge < -0.3 is 10.4 Å². The third-order valence-electron chi connectivity index (χ3n) is 2.47. The lowest BCUT2D eigenvalue weighted by atomic mass is 10.1. The van der Waals surface area contributed by atoms with Crippen LogP contribution in [0.4, 0.5) is 5.69 Å². The average Bonchev–Trinajstić information content (AvgIpc) is 2.47. The van der Waals surface area contributed by atoms with Gasteiger partial charge in [-0.15, -0.1) is 0 Å². The fourth-order valence-corrected chi connectivity index (χ4v) is 1.68. The Bertz CT molecular complexity index is 672. The van der Waals surface area contributed by atoms with E-state index in [1.165, 1.54) is 12.4 Å². The summed E-state index contributed by atoms with van der Waals surface area (Å²) in [6, 6.07) is 8.38. The van der Waals surface area contributed by atoms with Crippen LogP contribution in [0, 0.1) is 11.8 Å². The number of anilines is 1. The van der Waals surface area contributed by atoms with E-state index >= 15 is 0 Å². The molecule has 0 saturated carbocycles. The summed E-state index contributed by atoms with van der Waals surface area (Å²) in [5.41, 5.74) is 1.50. The van der Waals surface area contributed by atoms with E-state index in [0.717, 1.165) is 0 Å². The number of aromatic nitrogens is 1.